The quantitative estimate of drug-likeness (QED) is 0.603. The number of terminal acetylenes is 1. The molecule has 1 aliphatic heterocycles. The molecule has 0 aromatic carbocycles. The summed E-state index contributed by atoms with van der Waals surface area (Å²) in [5.74, 6) is 2.48. The molecule has 0 radical (unpaired) electrons. The average molecular weight is 360 g/mol. The molecule has 3 rings (SSSR count). The van der Waals surface area contributed by atoms with Crippen LogP contribution in [0.5, 0.6) is 0 Å². The zero-order valence-electron chi connectivity index (χ0n) is 16.3. The number of aliphatic hydroxyl groups excluding tert-OH is 1. The van der Waals surface area contributed by atoms with Crippen molar-refractivity contribution in [1.82, 2.24) is 0 Å². The first-order chi connectivity index (χ1) is 12.2. The fourth-order valence-corrected chi connectivity index (χ4v) is 5.66. The lowest BCUT2D eigenvalue weighted by Gasteiger charge is -2.54. The van der Waals surface area contributed by atoms with Crippen LogP contribution < -0.4 is 0 Å². The van der Waals surface area contributed by atoms with Crippen molar-refractivity contribution in [3.63, 3.8) is 0 Å². The van der Waals surface area contributed by atoms with Gasteiger partial charge in [-0.1, -0.05) is 32.8 Å². The van der Waals surface area contributed by atoms with E-state index in [1.54, 1.807) is 6.08 Å². The molecule has 1 spiro atoms. The van der Waals surface area contributed by atoms with E-state index < -0.39 is 16.6 Å². The third kappa shape index (κ3) is 2.59. The van der Waals surface area contributed by atoms with Gasteiger partial charge in [-0.05, 0) is 25.2 Å². The van der Waals surface area contributed by atoms with Gasteiger partial charge in [-0.2, -0.15) is 0 Å². The average Bonchev–Trinajstić information content (AvgIpc) is 3.25. The molecule has 0 aromatic rings. The summed E-state index contributed by atoms with van der Waals surface area (Å²) in [5.41, 5.74) is -1.63. The lowest BCUT2D eigenvalue weighted by atomic mass is 9.49. The van der Waals surface area contributed by atoms with Gasteiger partial charge in [0.1, 0.15) is 5.78 Å². The van der Waals surface area contributed by atoms with E-state index in [1.807, 2.05) is 6.92 Å². The van der Waals surface area contributed by atoms with E-state index in [9.17, 15) is 9.90 Å². The minimum absolute atomic E-state index is 0.101. The van der Waals surface area contributed by atoms with Crippen molar-refractivity contribution in [2.45, 2.75) is 58.7 Å². The molecule has 1 saturated heterocycles. The molecular formula is C22H32O4. The third-order valence-electron chi connectivity index (χ3n) is 7.64. The van der Waals surface area contributed by atoms with Crippen LogP contribution >= 0.6 is 0 Å². The molecule has 0 bridgehead atoms. The summed E-state index contributed by atoms with van der Waals surface area (Å²) in [5, 5.41) is 9.77. The molecule has 0 amide bonds. The first-order valence-corrected chi connectivity index (χ1v) is 9.75. The molecule has 4 nitrogen and oxygen atoms in total. The summed E-state index contributed by atoms with van der Waals surface area (Å²) in [4.78, 5) is 13.7. The Morgan fingerprint density at radius 2 is 2.04 bits per heavy atom. The molecule has 0 aromatic heterocycles. The summed E-state index contributed by atoms with van der Waals surface area (Å²) >= 11 is 0. The van der Waals surface area contributed by atoms with Crippen LogP contribution in [-0.4, -0.2) is 36.5 Å². The molecular weight excluding hydrogens is 328 g/mol. The van der Waals surface area contributed by atoms with E-state index in [1.165, 1.54) is 0 Å². The molecule has 3 fully saturated rings. The number of carbonyl (C=O) groups is 1. The van der Waals surface area contributed by atoms with E-state index in [0.717, 1.165) is 25.7 Å². The van der Waals surface area contributed by atoms with Gasteiger partial charge in [0, 0.05) is 35.0 Å². The van der Waals surface area contributed by atoms with Gasteiger partial charge in [-0.3, -0.25) is 4.79 Å². The zero-order chi connectivity index (χ0) is 19.2. The van der Waals surface area contributed by atoms with Gasteiger partial charge in [0.05, 0.1) is 19.8 Å². The predicted octanol–water partition coefficient (Wildman–Crippen LogP) is 3.34. The summed E-state index contributed by atoms with van der Waals surface area (Å²) in [6, 6.07) is 0. The maximum Gasteiger partial charge on any atom is 0.173 e. The highest BCUT2D eigenvalue weighted by Crippen LogP contribution is 2.67. The van der Waals surface area contributed by atoms with Gasteiger partial charge < -0.3 is 14.6 Å². The number of fused-ring (bicyclic) bond motifs is 2. The smallest absolute Gasteiger partial charge is 0.173 e. The molecule has 144 valence electrons. The second kappa shape index (κ2) is 6.48. The molecule has 3 aliphatic rings. The van der Waals surface area contributed by atoms with Crippen molar-refractivity contribution in [1.29, 1.82) is 0 Å². The fourth-order valence-electron chi connectivity index (χ4n) is 5.66. The Labute approximate surface area is 157 Å². The summed E-state index contributed by atoms with van der Waals surface area (Å²) in [6.07, 6.45) is 11.4. The lowest BCUT2D eigenvalue weighted by Crippen LogP contribution is -2.59. The number of ketones is 1. The Morgan fingerprint density at radius 3 is 2.58 bits per heavy atom. The number of Topliss-reactive ketones (excluding diaryl/α,β-unsaturated/α-hetero) is 1. The number of hydrogen-bond acceptors (Lipinski definition) is 4. The Kier molecular flexibility index (Phi) is 4.88. The SMILES string of the molecule is C#C[C@@]12CC[C@@H](C)C(C)(C(=O)C[C@](C)(C=C)CO)C1C1(CC2)OCCO1. The van der Waals surface area contributed by atoms with Gasteiger partial charge in [-0.15, -0.1) is 13.0 Å². The number of rotatable bonds is 5. The monoisotopic (exact) mass is 360 g/mol. The van der Waals surface area contributed by atoms with Gasteiger partial charge in [0.2, 0.25) is 0 Å². The highest BCUT2D eigenvalue weighted by atomic mass is 16.7. The molecule has 5 atom stereocenters. The first kappa shape index (κ1) is 19.6. The molecule has 1 heterocycles. The third-order valence-corrected chi connectivity index (χ3v) is 7.64. The highest BCUT2D eigenvalue weighted by molar-refractivity contribution is 5.86. The number of ether oxygens (including phenoxy) is 2. The predicted molar refractivity (Wildman–Crippen MR) is 100 cm³/mol. The second-order valence-electron chi connectivity index (χ2n) is 9.08. The van der Waals surface area contributed by atoms with Crippen LogP contribution in [0, 0.1) is 40.4 Å². The summed E-state index contributed by atoms with van der Waals surface area (Å²) in [6.45, 7) is 10.9. The van der Waals surface area contributed by atoms with Gasteiger partial charge >= 0.3 is 0 Å². The molecule has 26 heavy (non-hydrogen) atoms. The van der Waals surface area contributed by atoms with Gasteiger partial charge in [-0.25, -0.2) is 0 Å². The minimum Gasteiger partial charge on any atom is -0.395 e. The van der Waals surface area contributed by atoms with Gasteiger partial charge in [0.15, 0.2) is 5.79 Å². The Morgan fingerprint density at radius 1 is 1.38 bits per heavy atom. The van der Waals surface area contributed by atoms with Crippen LogP contribution in [0.2, 0.25) is 0 Å². The second-order valence-corrected chi connectivity index (χ2v) is 9.08. The van der Waals surface area contributed by atoms with Crippen LogP contribution in [0.3, 0.4) is 0 Å². The van der Waals surface area contributed by atoms with E-state index in [0.29, 0.717) is 13.2 Å². The standard InChI is InChI=1S/C22H32O4/c1-6-19(4,15-23)14-17(24)20(5)16(3)8-9-21(7-2)10-11-22(18(20)21)25-12-13-26-22/h2,6,16,18,23H,1,8-15H2,3-5H3/t16-,18?,19+,20?,21+/m1/s1. The van der Waals surface area contributed by atoms with Crippen molar-refractivity contribution < 1.29 is 19.4 Å². The van der Waals surface area contributed by atoms with Crippen LogP contribution in [-0.2, 0) is 14.3 Å². The maximum absolute atomic E-state index is 13.7. The van der Waals surface area contributed by atoms with E-state index in [4.69, 9.17) is 15.9 Å². The fraction of sp³-hybridized carbons (Fsp3) is 0.773. The van der Waals surface area contributed by atoms with Crippen molar-refractivity contribution in [2.24, 2.45) is 28.1 Å². The summed E-state index contributed by atoms with van der Waals surface area (Å²) < 4.78 is 12.3. The molecule has 2 aliphatic carbocycles. The van der Waals surface area contributed by atoms with Crippen LogP contribution in [0.4, 0.5) is 0 Å². The first-order valence-electron chi connectivity index (χ1n) is 9.75. The lowest BCUT2D eigenvalue weighted by molar-refractivity contribution is -0.232. The Hall–Kier alpha value is -1.15. The molecule has 2 saturated carbocycles. The van der Waals surface area contributed by atoms with Crippen molar-refractivity contribution >= 4 is 5.78 Å². The van der Waals surface area contributed by atoms with Crippen molar-refractivity contribution in [3.05, 3.63) is 12.7 Å². The normalized spacial score (nSPS) is 40.6. The molecule has 4 heteroatoms. The van der Waals surface area contributed by atoms with Crippen molar-refractivity contribution in [3.8, 4) is 12.3 Å². The largest absolute Gasteiger partial charge is 0.395 e. The topological polar surface area (TPSA) is 55.8 Å². The van der Waals surface area contributed by atoms with Crippen LogP contribution in [0.1, 0.15) is 52.9 Å². The van der Waals surface area contributed by atoms with E-state index in [-0.39, 0.29) is 36.1 Å². The molecule has 2 unspecified atom stereocenters. The van der Waals surface area contributed by atoms with Gasteiger partial charge in [0.25, 0.3) is 0 Å². The maximum atomic E-state index is 13.7. The van der Waals surface area contributed by atoms with E-state index >= 15 is 0 Å². The highest BCUT2D eigenvalue weighted by Gasteiger charge is 2.70. The minimum atomic E-state index is -0.741. The zero-order valence-corrected chi connectivity index (χ0v) is 16.3. The van der Waals surface area contributed by atoms with Crippen molar-refractivity contribution in [2.75, 3.05) is 19.8 Å². The number of hydrogen-bond donors (Lipinski definition) is 1. The Balaban J connectivity index is 2.06. The molecule has 1 N–H and O–H groups in total. The number of carbonyl (C=O) groups excluding carboxylic acids is 1. The van der Waals surface area contributed by atoms with Crippen LogP contribution in [0.15, 0.2) is 12.7 Å². The summed E-state index contributed by atoms with van der Waals surface area (Å²) in [7, 11) is 0. The number of aliphatic hydroxyl groups is 1. The van der Waals surface area contributed by atoms with Crippen LogP contribution in [0.25, 0.3) is 0 Å². The van der Waals surface area contributed by atoms with E-state index in [2.05, 4.69) is 26.3 Å². The Bertz CT molecular complexity index is 629.